The molecule has 0 saturated carbocycles. The van der Waals surface area contributed by atoms with Crippen molar-refractivity contribution < 1.29 is 18.0 Å². The number of nitrogens with zero attached hydrogens (tertiary/aromatic N) is 8. The minimum atomic E-state index is -4.48. The van der Waals surface area contributed by atoms with E-state index in [4.69, 9.17) is 4.98 Å². The number of piperazine rings is 1. The maximum atomic E-state index is 13.6. The highest BCUT2D eigenvalue weighted by molar-refractivity contribution is 5.94. The number of alkyl halides is 3. The number of rotatable bonds is 5. The molecule has 11 nitrogen and oxygen atoms in total. The molecule has 1 amide bonds. The quantitative estimate of drug-likeness (QED) is 0.388. The summed E-state index contributed by atoms with van der Waals surface area (Å²) in [5, 5.41) is 4.34. The number of fused-ring (bicyclic) bond motifs is 1. The monoisotopic (exact) mass is 554 g/mol. The lowest BCUT2D eigenvalue weighted by atomic mass is 9.96. The molecule has 0 radical (unpaired) electrons. The van der Waals surface area contributed by atoms with Crippen LogP contribution in [0.3, 0.4) is 0 Å². The van der Waals surface area contributed by atoms with Gasteiger partial charge in [-0.15, -0.1) is 0 Å². The van der Waals surface area contributed by atoms with Crippen molar-refractivity contribution in [1.82, 2.24) is 44.9 Å². The zero-order valence-electron chi connectivity index (χ0n) is 22.0. The topological polar surface area (TPSA) is 109 Å². The Labute approximate surface area is 228 Å². The van der Waals surface area contributed by atoms with E-state index in [1.54, 1.807) is 29.3 Å². The average molecular weight is 555 g/mol. The van der Waals surface area contributed by atoms with Crippen LogP contribution >= 0.6 is 0 Å². The molecule has 4 aromatic rings. The van der Waals surface area contributed by atoms with Gasteiger partial charge in [0.1, 0.15) is 17.2 Å². The van der Waals surface area contributed by atoms with Crippen LogP contribution in [0.5, 0.6) is 0 Å². The molecule has 0 spiro atoms. The molecule has 0 aliphatic carbocycles. The fraction of sp³-hybridized carbons (Fsp3) is 0.423. The Kier molecular flexibility index (Phi) is 6.66. The smallest absolute Gasteiger partial charge is 0.353 e. The average Bonchev–Trinajstić information content (AvgIpc) is 3.72. The zero-order valence-corrected chi connectivity index (χ0v) is 22.0. The van der Waals surface area contributed by atoms with Crippen molar-refractivity contribution in [2.24, 2.45) is 5.92 Å². The number of hydrazine groups is 1. The summed E-state index contributed by atoms with van der Waals surface area (Å²) in [7, 11) is 0. The van der Waals surface area contributed by atoms with E-state index >= 15 is 0 Å². The van der Waals surface area contributed by atoms with E-state index in [-0.39, 0.29) is 29.7 Å². The van der Waals surface area contributed by atoms with Crippen molar-refractivity contribution in [3.8, 4) is 11.5 Å². The van der Waals surface area contributed by atoms with Gasteiger partial charge in [-0.2, -0.15) is 18.3 Å². The maximum absolute atomic E-state index is 13.6. The Morgan fingerprint density at radius 3 is 2.58 bits per heavy atom. The molecule has 1 atom stereocenters. The first-order valence-electron chi connectivity index (χ1n) is 13.1. The SMILES string of the molecule is CC(C)n1cc(C(=O)N2CCN(c3ccnc(-c4cnc5ccc(C(F)(F)F)cn45)n3)CC2C2CNNC2)cn1. The van der Waals surface area contributed by atoms with Crippen LogP contribution in [0.25, 0.3) is 17.2 Å². The second-order valence-electron chi connectivity index (χ2n) is 10.4. The number of nitrogens with one attached hydrogen (secondary N) is 2. The maximum Gasteiger partial charge on any atom is 0.417 e. The molecule has 6 rings (SSSR count). The molecule has 4 aromatic heterocycles. The van der Waals surface area contributed by atoms with E-state index in [9.17, 15) is 18.0 Å². The number of hydrogen-bond donors (Lipinski definition) is 2. The highest BCUT2D eigenvalue weighted by Crippen LogP contribution is 2.31. The fourth-order valence-electron chi connectivity index (χ4n) is 5.28. The van der Waals surface area contributed by atoms with Crippen LogP contribution in [-0.4, -0.2) is 78.7 Å². The van der Waals surface area contributed by atoms with Gasteiger partial charge in [0.05, 0.1) is 29.6 Å². The van der Waals surface area contributed by atoms with E-state index in [0.717, 1.165) is 12.3 Å². The highest BCUT2D eigenvalue weighted by atomic mass is 19.4. The molecule has 2 aliphatic heterocycles. The largest absolute Gasteiger partial charge is 0.417 e. The minimum Gasteiger partial charge on any atom is -0.353 e. The van der Waals surface area contributed by atoms with Crippen LogP contribution in [0.15, 0.2) is 49.2 Å². The molecule has 14 heteroatoms. The number of carbonyl (C=O) groups is 1. The van der Waals surface area contributed by atoms with Gasteiger partial charge < -0.3 is 9.80 Å². The Balaban J connectivity index is 1.28. The van der Waals surface area contributed by atoms with Crippen LogP contribution in [0.2, 0.25) is 0 Å². The lowest BCUT2D eigenvalue weighted by Gasteiger charge is -2.44. The van der Waals surface area contributed by atoms with Gasteiger partial charge in [0.2, 0.25) is 0 Å². The van der Waals surface area contributed by atoms with Crippen LogP contribution in [-0.2, 0) is 6.18 Å². The lowest BCUT2D eigenvalue weighted by Crippen LogP contribution is -2.59. The van der Waals surface area contributed by atoms with Gasteiger partial charge in [0, 0.05) is 63.3 Å². The third kappa shape index (κ3) is 4.88. The first-order valence-corrected chi connectivity index (χ1v) is 13.1. The molecule has 2 N–H and O–H groups in total. The third-order valence-electron chi connectivity index (χ3n) is 7.48. The Morgan fingerprint density at radius 1 is 1.05 bits per heavy atom. The number of hydrogen-bond acceptors (Lipinski definition) is 8. The van der Waals surface area contributed by atoms with Gasteiger partial charge in [-0.05, 0) is 32.0 Å². The molecule has 0 aromatic carbocycles. The predicted octanol–water partition coefficient (Wildman–Crippen LogP) is 2.64. The number of pyridine rings is 1. The standard InChI is InChI=1S/C26H29F3N10O/c1-16(2)39-13-18(11-34-39)25(40)37-8-7-36(15-21(37)17-9-32-33-10-17)23-5-6-30-24(35-23)20-12-31-22-4-3-19(14-38(20)22)26(27,28)29/h3-6,11-14,16-17,21,32-33H,7-10,15H2,1-2H3. The third-order valence-corrected chi connectivity index (χ3v) is 7.48. The van der Waals surface area contributed by atoms with E-state index in [1.165, 1.54) is 16.7 Å². The molecule has 2 aliphatic rings. The minimum absolute atomic E-state index is 0.0574. The van der Waals surface area contributed by atoms with E-state index < -0.39 is 11.7 Å². The first-order chi connectivity index (χ1) is 19.2. The van der Waals surface area contributed by atoms with E-state index in [2.05, 4.69) is 30.8 Å². The molecular formula is C26H29F3N10O. The van der Waals surface area contributed by atoms with Gasteiger partial charge in [-0.3, -0.25) is 24.7 Å². The number of halogens is 3. The molecule has 1 unspecified atom stereocenters. The zero-order chi connectivity index (χ0) is 28.0. The molecule has 40 heavy (non-hydrogen) atoms. The molecule has 210 valence electrons. The molecular weight excluding hydrogens is 525 g/mol. The normalized spacial score (nSPS) is 18.8. The van der Waals surface area contributed by atoms with Crippen LogP contribution in [0, 0.1) is 5.92 Å². The van der Waals surface area contributed by atoms with Crippen LogP contribution < -0.4 is 15.8 Å². The number of amides is 1. The number of carbonyl (C=O) groups excluding carboxylic acids is 1. The molecule has 6 heterocycles. The van der Waals surface area contributed by atoms with Gasteiger partial charge in [0.15, 0.2) is 5.82 Å². The Hall–Kier alpha value is -4.04. The van der Waals surface area contributed by atoms with Crippen LogP contribution in [0.4, 0.5) is 19.0 Å². The van der Waals surface area contributed by atoms with E-state index in [0.29, 0.717) is 55.4 Å². The Morgan fingerprint density at radius 2 is 1.85 bits per heavy atom. The molecule has 0 bridgehead atoms. The second kappa shape index (κ2) is 10.2. The summed E-state index contributed by atoms with van der Waals surface area (Å²) < 4.78 is 43.2. The number of anilines is 1. The van der Waals surface area contributed by atoms with Crippen molar-refractivity contribution in [2.75, 3.05) is 37.6 Å². The van der Waals surface area contributed by atoms with Crippen molar-refractivity contribution in [1.29, 1.82) is 0 Å². The number of imidazole rings is 1. The summed E-state index contributed by atoms with van der Waals surface area (Å²) >= 11 is 0. The fourth-order valence-corrected chi connectivity index (χ4v) is 5.28. The summed E-state index contributed by atoms with van der Waals surface area (Å²) in [4.78, 5) is 30.9. The lowest BCUT2D eigenvalue weighted by molar-refractivity contribution is -0.137. The first kappa shape index (κ1) is 26.2. The van der Waals surface area contributed by atoms with Gasteiger partial charge in [0.25, 0.3) is 5.91 Å². The van der Waals surface area contributed by atoms with Crippen molar-refractivity contribution in [3.63, 3.8) is 0 Å². The van der Waals surface area contributed by atoms with Crippen molar-refractivity contribution >= 4 is 17.4 Å². The summed E-state index contributed by atoms with van der Waals surface area (Å²) in [5.74, 6) is 1.02. The summed E-state index contributed by atoms with van der Waals surface area (Å²) in [6.07, 6.45) is 3.00. The van der Waals surface area contributed by atoms with Crippen molar-refractivity contribution in [2.45, 2.75) is 32.1 Å². The highest BCUT2D eigenvalue weighted by Gasteiger charge is 2.38. The molecule has 2 saturated heterocycles. The summed E-state index contributed by atoms with van der Waals surface area (Å²) in [6, 6.07) is 4.16. The van der Waals surface area contributed by atoms with Gasteiger partial charge >= 0.3 is 6.18 Å². The summed E-state index contributed by atoms with van der Waals surface area (Å²) in [5.41, 5.74) is 6.83. The summed E-state index contributed by atoms with van der Waals surface area (Å²) in [6.45, 7) is 7.01. The van der Waals surface area contributed by atoms with E-state index in [1.807, 2.05) is 18.7 Å². The molecule has 2 fully saturated rings. The predicted molar refractivity (Wildman–Crippen MR) is 140 cm³/mol. The van der Waals surface area contributed by atoms with Gasteiger partial charge in [-0.25, -0.2) is 15.0 Å². The van der Waals surface area contributed by atoms with Crippen molar-refractivity contribution in [3.05, 3.63) is 60.3 Å². The van der Waals surface area contributed by atoms with Crippen LogP contribution in [0.1, 0.15) is 35.8 Å². The second-order valence-corrected chi connectivity index (χ2v) is 10.4. The number of aromatic nitrogens is 6. The van der Waals surface area contributed by atoms with Gasteiger partial charge in [-0.1, -0.05) is 0 Å². The Bertz CT molecular complexity index is 1520.